The normalized spacial score (nSPS) is 24.5. The lowest BCUT2D eigenvalue weighted by molar-refractivity contribution is -0.313. The molecule has 13 nitrogen and oxygen atoms in total. The van der Waals surface area contributed by atoms with Crippen molar-refractivity contribution in [2.45, 2.75) is 159 Å². The van der Waals surface area contributed by atoms with Crippen molar-refractivity contribution in [2.24, 2.45) is 0 Å². The zero-order valence-corrected chi connectivity index (χ0v) is 30.1. The Morgan fingerprint density at radius 3 is 2.12 bits per heavy atom. The summed E-state index contributed by atoms with van der Waals surface area (Å²) in [5.74, 6) is -0.926. The molecule has 1 heterocycles. The van der Waals surface area contributed by atoms with Gasteiger partial charge in [0, 0.05) is 7.11 Å². The number of aldehydes is 1. The quantitative estimate of drug-likeness (QED) is 0.0721. The number of hydrogen-bond acceptors (Lipinski definition) is 13. The Balaban J connectivity index is 2.16. The summed E-state index contributed by atoms with van der Waals surface area (Å²) in [6, 6.07) is 8.97. The van der Waals surface area contributed by atoms with E-state index in [1.54, 1.807) is 79.8 Å². The highest BCUT2D eigenvalue weighted by Gasteiger charge is 2.52. The second-order valence-electron chi connectivity index (χ2n) is 15.1. The van der Waals surface area contributed by atoms with E-state index in [2.05, 4.69) is 4.89 Å². The zero-order valence-electron chi connectivity index (χ0n) is 30.1. The van der Waals surface area contributed by atoms with Gasteiger partial charge in [-0.05, 0) is 87.1 Å². The number of carbonyl (C=O) groups excluding carboxylic acids is 2. The van der Waals surface area contributed by atoms with Gasteiger partial charge >= 0.3 is 5.97 Å². The van der Waals surface area contributed by atoms with Crippen molar-refractivity contribution in [1.29, 1.82) is 0 Å². The Morgan fingerprint density at radius 1 is 0.958 bits per heavy atom. The Labute approximate surface area is 284 Å². The highest BCUT2D eigenvalue weighted by molar-refractivity contribution is 5.75. The molecule has 13 heteroatoms. The number of methoxy groups -OCH3 is 1. The van der Waals surface area contributed by atoms with Crippen molar-refractivity contribution < 1.29 is 63.5 Å². The molecule has 1 aliphatic heterocycles. The number of carbonyl (C=O) groups is 2. The van der Waals surface area contributed by atoms with E-state index >= 15 is 0 Å². The summed E-state index contributed by atoms with van der Waals surface area (Å²) in [5.41, 5.74) is -2.81. The monoisotopic (exact) mass is 686 g/mol. The van der Waals surface area contributed by atoms with Crippen LogP contribution >= 0.6 is 0 Å². The number of benzene rings is 1. The Bertz CT molecular complexity index is 1120. The van der Waals surface area contributed by atoms with E-state index in [0.717, 1.165) is 5.56 Å². The highest BCUT2D eigenvalue weighted by atomic mass is 17.1. The Hall–Kier alpha value is -2.04. The molecule has 0 bridgehead atoms. The third-order valence-electron chi connectivity index (χ3n) is 8.41. The molecule has 276 valence electrons. The van der Waals surface area contributed by atoms with Crippen LogP contribution in [0.2, 0.25) is 0 Å². The lowest BCUT2D eigenvalue weighted by atomic mass is 9.86. The topological polar surface area (TPSA) is 180 Å². The minimum atomic E-state index is -1.68. The molecule has 6 unspecified atom stereocenters. The summed E-state index contributed by atoms with van der Waals surface area (Å²) in [5, 5.41) is 43.0. The van der Waals surface area contributed by atoms with Gasteiger partial charge in [0.25, 0.3) is 0 Å². The molecular formula is C35H58O13. The molecular weight excluding hydrogens is 628 g/mol. The minimum absolute atomic E-state index is 0.0406. The van der Waals surface area contributed by atoms with Crippen LogP contribution < -0.4 is 0 Å². The maximum absolute atomic E-state index is 13.1. The first-order chi connectivity index (χ1) is 22.2. The fourth-order valence-corrected chi connectivity index (χ4v) is 5.35. The van der Waals surface area contributed by atoms with Crippen LogP contribution in [0.15, 0.2) is 30.3 Å². The molecule has 0 aromatic heterocycles. The second kappa shape index (κ2) is 17.8. The molecule has 1 aromatic carbocycles. The highest BCUT2D eigenvalue weighted by Crippen LogP contribution is 2.34. The van der Waals surface area contributed by atoms with Gasteiger partial charge in [-0.3, -0.25) is 5.26 Å². The number of ether oxygens (including phenoxy) is 6. The molecule has 1 aromatic rings. The van der Waals surface area contributed by atoms with Gasteiger partial charge in [0.15, 0.2) is 6.29 Å². The van der Waals surface area contributed by atoms with Gasteiger partial charge in [-0.15, -0.1) is 0 Å². The van der Waals surface area contributed by atoms with Crippen molar-refractivity contribution in [3.8, 4) is 0 Å². The molecule has 1 aliphatic rings. The number of esters is 1. The average Bonchev–Trinajstić information content (AvgIpc) is 3.00. The minimum Gasteiger partial charge on any atom is -0.459 e. The number of aliphatic hydroxyl groups excluding tert-OH is 3. The number of hydrogen-bond donors (Lipinski definition) is 4. The molecule has 1 saturated heterocycles. The maximum atomic E-state index is 13.1. The fraction of sp³-hybridized carbons (Fsp3) is 0.771. The van der Waals surface area contributed by atoms with E-state index in [1.165, 1.54) is 0 Å². The van der Waals surface area contributed by atoms with Crippen LogP contribution in [-0.4, -0.2) is 118 Å². The van der Waals surface area contributed by atoms with Crippen molar-refractivity contribution >= 4 is 12.3 Å². The Kier molecular flexibility index (Phi) is 15.6. The lowest BCUT2D eigenvalue weighted by Crippen LogP contribution is -2.65. The van der Waals surface area contributed by atoms with Gasteiger partial charge in [-0.1, -0.05) is 30.3 Å². The zero-order chi connectivity index (χ0) is 36.5. The smallest absolute Gasteiger partial charge is 0.341 e. The predicted molar refractivity (Wildman–Crippen MR) is 175 cm³/mol. The molecule has 4 N–H and O–H groups in total. The molecule has 0 spiro atoms. The van der Waals surface area contributed by atoms with Gasteiger partial charge in [0.2, 0.25) is 6.10 Å². The molecule has 2 rings (SSSR count). The number of aliphatic hydroxyl groups is 3. The van der Waals surface area contributed by atoms with Gasteiger partial charge in [-0.2, -0.15) is 0 Å². The van der Waals surface area contributed by atoms with Crippen LogP contribution in [0.1, 0.15) is 87.1 Å². The first-order valence-corrected chi connectivity index (χ1v) is 16.4. The van der Waals surface area contributed by atoms with Crippen molar-refractivity contribution in [3.05, 3.63) is 35.9 Å². The number of rotatable bonds is 19. The average molecular weight is 687 g/mol. The van der Waals surface area contributed by atoms with Gasteiger partial charge < -0.3 is 48.5 Å². The van der Waals surface area contributed by atoms with Crippen LogP contribution in [0.3, 0.4) is 0 Å². The van der Waals surface area contributed by atoms with Gasteiger partial charge in [0.1, 0.15) is 43.2 Å². The summed E-state index contributed by atoms with van der Waals surface area (Å²) >= 11 is 0. The largest absolute Gasteiger partial charge is 0.459 e. The van der Waals surface area contributed by atoms with Crippen LogP contribution in [0.25, 0.3) is 0 Å². The molecule has 8 atom stereocenters. The van der Waals surface area contributed by atoms with Gasteiger partial charge in [0.05, 0.1) is 35.1 Å². The van der Waals surface area contributed by atoms with E-state index in [-0.39, 0.29) is 26.1 Å². The third kappa shape index (κ3) is 12.7. The summed E-state index contributed by atoms with van der Waals surface area (Å²) < 4.78 is 35.0. The van der Waals surface area contributed by atoms with E-state index in [4.69, 9.17) is 28.4 Å². The van der Waals surface area contributed by atoms with E-state index in [1.807, 2.05) is 19.9 Å². The summed E-state index contributed by atoms with van der Waals surface area (Å²) in [4.78, 5) is 29.6. The van der Waals surface area contributed by atoms with Gasteiger partial charge in [-0.25, -0.2) is 9.68 Å². The maximum Gasteiger partial charge on any atom is 0.341 e. The van der Waals surface area contributed by atoms with Crippen LogP contribution in [0.5, 0.6) is 0 Å². The van der Waals surface area contributed by atoms with Crippen LogP contribution in [0.4, 0.5) is 0 Å². The molecule has 0 saturated carbocycles. The van der Waals surface area contributed by atoms with Crippen molar-refractivity contribution in [3.63, 3.8) is 0 Å². The second-order valence-corrected chi connectivity index (χ2v) is 15.1. The Morgan fingerprint density at radius 2 is 1.58 bits per heavy atom. The molecule has 0 radical (unpaired) electrons. The van der Waals surface area contributed by atoms with Crippen LogP contribution in [0, 0.1) is 0 Å². The molecule has 0 aliphatic carbocycles. The van der Waals surface area contributed by atoms with Crippen molar-refractivity contribution in [1.82, 2.24) is 0 Å². The fourth-order valence-electron chi connectivity index (χ4n) is 5.35. The van der Waals surface area contributed by atoms with E-state index in [9.17, 15) is 30.2 Å². The summed E-state index contributed by atoms with van der Waals surface area (Å²) in [6.07, 6.45) is -9.14. The molecule has 0 amide bonds. The van der Waals surface area contributed by atoms with E-state index < -0.39 is 77.2 Å². The standard InChI is InChI=1S/C35H58O13/c1-32(2,3)46-28-24(20-36)45-30(26(39)25(28)38)35(8,9)44-19-18-34(6,7)47-27(23(37)16-17-33(4,5)42-10)29(48-41)31(40)43-21-22-14-12-11-13-15-22/h11-15,20,23-30,37-39,41H,16-19,21H2,1-10H3/t23?,24?,25?,26?,27-,28+,29?,30?/m0/s1. The predicted octanol–water partition coefficient (Wildman–Crippen LogP) is 3.38. The molecule has 1 fully saturated rings. The first-order valence-electron chi connectivity index (χ1n) is 16.4. The third-order valence-corrected chi connectivity index (χ3v) is 8.41. The van der Waals surface area contributed by atoms with Crippen molar-refractivity contribution in [2.75, 3.05) is 13.7 Å². The summed E-state index contributed by atoms with van der Waals surface area (Å²) in [6.45, 7) is 15.7. The lowest BCUT2D eigenvalue weighted by Gasteiger charge is -2.48. The van der Waals surface area contributed by atoms with Crippen LogP contribution in [-0.2, 0) is 49.5 Å². The summed E-state index contributed by atoms with van der Waals surface area (Å²) in [7, 11) is 1.56. The first kappa shape index (κ1) is 42.1. The van der Waals surface area contributed by atoms with E-state index in [0.29, 0.717) is 12.7 Å². The molecule has 48 heavy (non-hydrogen) atoms. The SMILES string of the molecule is COC(C)(C)CCC(O)[C@H](OC(C)(C)CCOC(C)(C)C1OC(C=O)[C@@H](OC(C)(C)C)C(O)C1O)C(OO)C(=O)OCc1ccccc1.